The number of halogens is 2. The van der Waals surface area contributed by atoms with Crippen molar-refractivity contribution in [1.82, 2.24) is 0 Å². The monoisotopic (exact) mass is 300 g/mol. The first kappa shape index (κ1) is 14.5. The van der Waals surface area contributed by atoms with Crippen LogP contribution in [0.3, 0.4) is 0 Å². The third kappa shape index (κ3) is 5.56. The first-order valence-corrected chi connectivity index (χ1v) is 6.63. The standard InChI is InChI=1S/C9H10Cl2O5S/c1-6(16-17(12,13)14)5-15-9-3-2-7(10)4-8(9)11/h2-4,6H,5H2,1H3,(H,12,13,14). The molecule has 0 saturated carbocycles. The van der Waals surface area contributed by atoms with Gasteiger partial charge in [0.05, 0.1) is 5.02 Å². The predicted octanol–water partition coefficient (Wildman–Crippen LogP) is 2.58. The van der Waals surface area contributed by atoms with Crippen molar-refractivity contribution in [2.75, 3.05) is 6.61 Å². The van der Waals surface area contributed by atoms with Crippen molar-refractivity contribution in [2.45, 2.75) is 13.0 Å². The van der Waals surface area contributed by atoms with E-state index >= 15 is 0 Å². The zero-order chi connectivity index (χ0) is 13.1. The van der Waals surface area contributed by atoms with Crippen LogP contribution in [0, 0.1) is 0 Å². The van der Waals surface area contributed by atoms with E-state index in [4.69, 9.17) is 32.5 Å². The number of hydrogen-bond donors (Lipinski definition) is 1. The van der Waals surface area contributed by atoms with E-state index in [1.807, 2.05) is 0 Å². The Morgan fingerprint density at radius 2 is 2.06 bits per heavy atom. The normalized spacial score (nSPS) is 13.4. The Balaban J connectivity index is 2.56. The Hall–Kier alpha value is -0.530. The van der Waals surface area contributed by atoms with Gasteiger partial charge < -0.3 is 4.74 Å². The van der Waals surface area contributed by atoms with E-state index in [1.165, 1.54) is 13.0 Å². The van der Waals surface area contributed by atoms with Crippen LogP contribution in [0.15, 0.2) is 18.2 Å². The van der Waals surface area contributed by atoms with E-state index in [1.54, 1.807) is 12.1 Å². The van der Waals surface area contributed by atoms with Gasteiger partial charge in [0.15, 0.2) is 0 Å². The highest BCUT2D eigenvalue weighted by Gasteiger charge is 2.13. The second-order valence-electron chi connectivity index (χ2n) is 3.22. The van der Waals surface area contributed by atoms with Gasteiger partial charge >= 0.3 is 10.4 Å². The van der Waals surface area contributed by atoms with E-state index in [0.29, 0.717) is 15.8 Å². The number of rotatable bonds is 5. The lowest BCUT2D eigenvalue weighted by molar-refractivity contribution is 0.133. The molecule has 1 atom stereocenters. The van der Waals surface area contributed by atoms with Crippen LogP contribution in [-0.2, 0) is 14.6 Å². The van der Waals surface area contributed by atoms with E-state index in [-0.39, 0.29) is 6.61 Å². The largest absolute Gasteiger partial charge is 0.489 e. The van der Waals surface area contributed by atoms with Gasteiger partial charge in [0.1, 0.15) is 18.5 Å². The molecule has 0 spiro atoms. The molecule has 0 aromatic heterocycles. The molecule has 0 aliphatic heterocycles. The van der Waals surface area contributed by atoms with Crippen LogP contribution in [0.25, 0.3) is 0 Å². The van der Waals surface area contributed by atoms with Gasteiger partial charge in [0.2, 0.25) is 0 Å². The van der Waals surface area contributed by atoms with Gasteiger partial charge in [-0.25, -0.2) is 4.18 Å². The molecule has 1 aromatic rings. The molecule has 0 radical (unpaired) electrons. The molecule has 1 unspecified atom stereocenters. The van der Waals surface area contributed by atoms with Crippen LogP contribution >= 0.6 is 23.2 Å². The molecule has 0 aliphatic rings. The minimum atomic E-state index is -4.48. The fourth-order valence-corrected chi connectivity index (χ4v) is 1.97. The van der Waals surface area contributed by atoms with Crippen molar-refractivity contribution in [3.63, 3.8) is 0 Å². The summed E-state index contributed by atoms with van der Waals surface area (Å²) in [5, 5.41) is 0.765. The smallest absolute Gasteiger partial charge is 0.397 e. The Morgan fingerprint density at radius 3 is 2.59 bits per heavy atom. The van der Waals surface area contributed by atoms with Crippen LogP contribution in [0.4, 0.5) is 0 Å². The minimum Gasteiger partial charge on any atom is -0.489 e. The average Bonchev–Trinajstić information content (AvgIpc) is 2.13. The fraction of sp³-hybridized carbons (Fsp3) is 0.333. The van der Waals surface area contributed by atoms with Gasteiger partial charge in [-0.15, -0.1) is 0 Å². The Morgan fingerprint density at radius 1 is 1.41 bits per heavy atom. The molecule has 0 fully saturated rings. The molecule has 96 valence electrons. The van der Waals surface area contributed by atoms with Gasteiger partial charge in [-0.05, 0) is 25.1 Å². The van der Waals surface area contributed by atoms with Crippen molar-refractivity contribution in [2.24, 2.45) is 0 Å². The molecule has 0 heterocycles. The van der Waals surface area contributed by atoms with Crippen LogP contribution in [0.1, 0.15) is 6.92 Å². The third-order valence-electron chi connectivity index (χ3n) is 1.65. The summed E-state index contributed by atoms with van der Waals surface area (Å²) in [6.45, 7) is 1.35. The van der Waals surface area contributed by atoms with Crippen LogP contribution in [0.5, 0.6) is 5.75 Å². The number of hydrogen-bond acceptors (Lipinski definition) is 4. The van der Waals surface area contributed by atoms with Crippen molar-refractivity contribution in [1.29, 1.82) is 0 Å². The molecule has 1 rings (SSSR count). The summed E-state index contributed by atoms with van der Waals surface area (Å²) in [5.41, 5.74) is 0. The lowest BCUT2D eigenvalue weighted by Gasteiger charge is -2.12. The lowest BCUT2D eigenvalue weighted by Crippen LogP contribution is -2.21. The summed E-state index contributed by atoms with van der Waals surface area (Å²) in [4.78, 5) is 0. The molecule has 1 N–H and O–H groups in total. The first-order chi connectivity index (χ1) is 7.78. The van der Waals surface area contributed by atoms with Crippen LogP contribution in [0.2, 0.25) is 10.0 Å². The molecule has 0 saturated heterocycles. The molecule has 1 aromatic carbocycles. The number of ether oxygens (including phenoxy) is 1. The van der Waals surface area contributed by atoms with E-state index in [9.17, 15) is 8.42 Å². The van der Waals surface area contributed by atoms with Crippen molar-refractivity contribution in [3.8, 4) is 5.75 Å². The molecule has 0 bridgehead atoms. The Bertz CT molecular complexity index is 488. The summed E-state index contributed by atoms with van der Waals surface area (Å²) in [7, 11) is -4.48. The predicted molar refractivity (Wildman–Crippen MR) is 64.1 cm³/mol. The fourth-order valence-electron chi connectivity index (χ4n) is 1.03. The van der Waals surface area contributed by atoms with Crippen molar-refractivity contribution >= 4 is 33.6 Å². The van der Waals surface area contributed by atoms with Crippen molar-refractivity contribution < 1.29 is 21.9 Å². The first-order valence-electron chi connectivity index (χ1n) is 4.51. The SMILES string of the molecule is CC(COc1ccc(Cl)cc1Cl)OS(=O)(=O)O. The van der Waals surface area contributed by atoms with Gasteiger partial charge in [0.25, 0.3) is 0 Å². The molecule has 17 heavy (non-hydrogen) atoms. The molecule has 8 heteroatoms. The highest BCUT2D eigenvalue weighted by atomic mass is 35.5. The van der Waals surface area contributed by atoms with E-state index < -0.39 is 16.5 Å². The summed E-state index contributed by atoms with van der Waals surface area (Å²) >= 11 is 11.5. The Labute approximate surface area is 109 Å². The van der Waals surface area contributed by atoms with Gasteiger partial charge in [-0.2, -0.15) is 8.42 Å². The van der Waals surface area contributed by atoms with Crippen LogP contribution in [-0.4, -0.2) is 25.7 Å². The highest BCUT2D eigenvalue weighted by Crippen LogP contribution is 2.27. The maximum atomic E-state index is 10.4. The topological polar surface area (TPSA) is 72.8 Å². The summed E-state index contributed by atoms with van der Waals surface area (Å²) in [6.07, 6.45) is -0.836. The minimum absolute atomic E-state index is 0.0822. The zero-order valence-electron chi connectivity index (χ0n) is 8.76. The van der Waals surface area contributed by atoms with Gasteiger partial charge in [-0.3, -0.25) is 4.55 Å². The van der Waals surface area contributed by atoms with Gasteiger partial charge in [0, 0.05) is 5.02 Å². The van der Waals surface area contributed by atoms with E-state index in [2.05, 4.69) is 4.18 Å². The third-order valence-corrected chi connectivity index (χ3v) is 2.76. The van der Waals surface area contributed by atoms with Crippen molar-refractivity contribution in [3.05, 3.63) is 28.2 Å². The summed E-state index contributed by atoms with van der Waals surface area (Å²) < 4.78 is 38.7. The second kappa shape index (κ2) is 5.88. The molecule has 0 aliphatic carbocycles. The summed E-state index contributed by atoms with van der Waals surface area (Å²) in [5.74, 6) is 0.349. The van der Waals surface area contributed by atoms with Crippen LogP contribution < -0.4 is 4.74 Å². The molecule has 5 nitrogen and oxygen atoms in total. The molecular formula is C9H10Cl2O5S. The maximum absolute atomic E-state index is 10.4. The van der Waals surface area contributed by atoms with Gasteiger partial charge in [-0.1, -0.05) is 23.2 Å². The quantitative estimate of drug-likeness (QED) is 0.846. The summed E-state index contributed by atoms with van der Waals surface area (Å²) in [6, 6.07) is 4.62. The lowest BCUT2D eigenvalue weighted by atomic mass is 10.3. The van der Waals surface area contributed by atoms with E-state index in [0.717, 1.165) is 0 Å². The molecule has 0 amide bonds. The average molecular weight is 301 g/mol. The number of benzene rings is 1. The Kier molecular flexibility index (Phi) is 5.03. The zero-order valence-corrected chi connectivity index (χ0v) is 11.1. The maximum Gasteiger partial charge on any atom is 0.397 e. The molecular weight excluding hydrogens is 291 g/mol. The second-order valence-corrected chi connectivity index (χ2v) is 5.11. The highest BCUT2D eigenvalue weighted by molar-refractivity contribution is 7.80.